The summed E-state index contributed by atoms with van der Waals surface area (Å²) in [5.74, 6) is -0.0155. The number of piperidine rings is 2. The van der Waals surface area contributed by atoms with E-state index in [1.807, 2.05) is 58.3 Å². The molecule has 9 nitrogen and oxygen atoms in total. The van der Waals surface area contributed by atoms with Gasteiger partial charge in [0.15, 0.2) is 0 Å². The SMILES string of the molecule is CCc1ccc(N(C(=O)/C=C/c2cccc([N+](=O)[O-])c2)C2CCN(Cc3ccccc3)CC2)cc1.Cc1ccc(N(C(=O)c2ccccc2)C2CCN(Cc3ccccc3)CC2)cc1. The number of hydrogen-bond acceptors (Lipinski definition) is 6. The van der Waals surface area contributed by atoms with E-state index in [0.29, 0.717) is 5.56 Å². The number of nitro groups is 1. The van der Waals surface area contributed by atoms with Crippen molar-refractivity contribution in [2.45, 2.75) is 71.1 Å². The molecule has 0 unspecified atom stereocenters. The van der Waals surface area contributed by atoms with Crippen molar-refractivity contribution in [1.29, 1.82) is 0 Å². The van der Waals surface area contributed by atoms with E-state index in [1.54, 1.807) is 18.2 Å². The molecule has 2 aliphatic rings. The van der Waals surface area contributed by atoms with Gasteiger partial charge in [-0.25, -0.2) is 0 Å². The molecule has 0 N–H and O–H groups in total. The third-order valence-electron chi connectivity index (χ3n) is 12.3. The molecule has 6 aromatic rings. The van der Waals surface area contributed by atoms with Crippen molar-refractivity contribution >= 4 is 35.0 Å². The fourth-order valence-corrected chi connectivity index (χ4v) is 8.67. The molecule has 8 rings (SSSR count). The Morgan fingerprint density at radius 3 is 1.61 bits per heavy atom. The monoisotopic (exact) mass is 853 g/mol. The van der Waals surface area contributed by atoms with Crippen molar-refractivity contribution in [3.63, 3.8) is 0 Å². The maximum atomic E-state index is 13.5. The van der Waals surface area contributed by atoms with Crippen LogP contribution in [-0.2, 0) is 24.3 Å². The van der Waals surface area contributed by atoms with E-state index < -0.39 is 4.92 Å². The minimum Gasteiger partial charge on any atom is -0.306 e. The van der Waals surface area contributed by atoms with Crippen LogP contribution >= 0.6 is 0 Å². The Kier molecular flexibility index (Phi) is 16.0. The number of non-ortho nitro benzene ring substituents is 1. The van der Waals surface area contributed by atoms with Crippen molar-refractivity contribution in [3.05, 3.63) is 213 Å². The van der Waals surface area contributed by atoms with E-state index in [0.717, 1.165) is 88.3 Å². The molecule has 0 aliphatic carbocycles. The average molecular weight is 854 g/mol. The molecule has 6 aromatic carbocycles. The highest BCUT2D eigenvalue weighted by Crippen LogP contribution is 2.29. The number of nitrogens with zero attached hydrogens (tertiary/aromatic N) is 5. The zero-order chi connectivity index (χ0) is 44.7. The van der Waals surface area contributed by atoms with Crippen LogP contribution in [0.15, 0.2) is 170 Å². The molecule has 9 heteroatoms. The Morgan fingerprint density at radius 1 is 0.609 bits per heavy atom. The Morgan fingerprint density at radius 2 is 1.09 bits per heavy atom. The van der Waals surface area contributed by atoms with Crippen LogP contribution in [0.1, 0.15) is 70.8 Å². The topological polar surface area (TPSA) is 90.2 Å². The summed E-state index contributed by atoms with van der Waals surface area (Å²) in [5.41, 5.74) is 8.35. The van der Waals surface area contributed by atoms with E-state index in [2.05, 4.69) is 115 Å². The second-order valence-corrected chi connectivity index (χ2v) is 16.8. The van der Waals surface area contributed by atoms with Crippen LogP contribution in [0.2, 0.25) is 0 Å². The fraction of sp³-hybridized carbons (Fsp3) is 0.273. The van der Waals surface area contributed by atoms with Gasteiger partial charge in [0, 0.05) is 86.5 Å². The molecular weight excluding hydrogens is 795 g/mol. The van der Waals surface area contributed by atoms with Crippen molar-refractivity contribution in [2.75, 3.05) is 36.0 Å². The first-order chi connectivity index (χ1) is 31.2. The third kappa shape index (κ3) is 12.5. The molecule has 328 valence electrons. The van der Waals surface area contributed by atoms with Crippen molar-refractivity contribution in [1.82, 2.24) is 9.80 Å². The minimum atomic E-state index is -0.427. The molecule has 0 bridgehead atoms. The number of likely N-dealkylation sites (tertiary alicyclic amines) is 2. The van der Waals surface area contributed by atoms with Crippen LogP contribution in [0.25, 0.3) is 6.08 Å². The van der Waals surface area contributed by atoms with E-state index in [-0.39, 0.29) is 29.6 Å². The van der Waals surface area contributed by atoms with E-state index in [9.17, 15) is 19.7 Å². The number of anilines is 2. The molecule has 2 heterocycles. The summed E-state index contributed by atoms with van der Waals surface area (Å²) in [5, 5.41) is 11.1. The normalized spacial score (nSPS) is 15.0. The number of carbonyl (C=O) groups excluding carboxylic acids is 2. The van der Waals surface area contributed by atoms with Crippen LogP contribution in [-0.4, -0.2) is 64.8 Å². The Bertz CT molecular complexity index is 2430. The highest BCUT2D eigenvalue weighted by molar-refractivity contribution is 6.06. The van der Waals surface area contributed by atoms with Crippen LogP contribution in [0.4, 0.5) is 17.1 Å². The maximum absolute atomic E-state index is 13.5. The van der Waals surface area contributed by atoms with Gasteiger partial charge < -0.3 is 9.80 Å². The molecule has 2 aliphatic heterocycles. The van der Waals surface area contributed by atoms with E-state index in [1.165, 1.54) is 40.5 Å². The van der Waals surface area contributed by atoms with Crippen LogP contribution in [0.3, 0.4) is 0 Å². The summed E-state index contributed by atoms with van der Waals surface area (Å²) in [4.78, 5) is 46.4. The predicted molar refractivity (Wildman–Crippen MR) is 259 cm³/mol. The van der Waals surface area contributed by atoms with E-state index >= 15 is 0 Å². The second-order valence-electron chi connectivity index (χ2n) is 16.8. The Balaban J connectivity index is 0.000000195. The molecule has 64 heavy (non-hydrogen) atoms. The van der Waals surface area contributed by atoms with Gasteiger partial charge >= 0.3 is 0 Å². The molecule has 0 saturated carbocycles. The molecule has 0 spiro atoms. The molecule has 2 fully saturated rings. The second kappa shape index (κ2) is 22.6. The van der Waals surface area contributed by atoms with Gasteiger partial charge in [-0.15, -0.1) is 0 Å². The molecular formula is C55H59N5O4. The number of benzene rings is 6. The summed E-state index contributed by atoms with van der Waals surface area (Å²) in [6.07, 6.45) is 7.88. The maximum Gasteiger partial charge on any atom is 0.270 e. The summed E-state index contributed by atoms with van der Waals surface area (Å²) in [6.45, 7) is 9.94. The van der Waals surface area contributed by atoms with Crippen LogP contribution < -0.4 is 9.80 Å². The number of hydrogen-bond donors (Lipinski definition) is 0. The zero-order valence-electron chi connectivity index (χ0n) is 37.0. The van der Waals surface area contributed by atoms with Gasteiger partial charge in [0.05, 0.1) is 4.92 Å². The van der Waals surface area contributed by atoms with Crippen LogP contribution in [0.5, 0.6) is 0 Å². The summed E-state index contributed by atoms with van der Waals surface area (Å²) in [6, 6.07) is 53.9. The average Bonchev–Trinajstić information content (AvgIpc) is 3.34. The quantitative estimate of drug-likeness (QED) is 0.0653. The van der Waals surface area contributed by atoms with Gasteiger partial charge in [0.25, 0.3) is 17.5 Å². The molecule has 0 atom stereocenters. The number of aryl methyl sites for hydroxylation is 2. The van der Waals surface area contributed by atoms with Gasteiger partial charge in [-0.2, -0.15) is 0 Å². The smallest absolute Gasteiger partial charge is 0.270 e. The lowest BCUT2D eigenvalue weighted by Crippen LogP contribution is -2.47. The highest BCUT2D eigenvalue weighted by atomic mass is 16.6. The lowest BCUT2D eigenvalue weighted by Gasteiger charge is -2.38. The predicted octanol–water partition coefficient (Wildman–Crippen LogP) is 11.2. The lowest BCUT2D eigenvalue weighted by molar-refractivity contribution is -0.384. The molecule has 2 saturated heterocycles. The first-order valence-electron chi connectivity index (χ1n) is 22.6. The molecule has 2 amide bonds. The van der Waals surface area contributed by atoms with E-state index in [4.69, 9.17) is 0 Å². The van der Waals surface area contributed by atoms with Crippen LogP contribution in [0, 0.1) is 17.0 Å². The first-order valence-corrected chi connectivity index (χ1v) is 22.6. The van der Waals surface area contributed by atoms with Crippen molar-refractivity contribution in [3.8, 4) is 0 Å². The third-order valence-corrected chi connectivity index (χ3v) is 12.3. The zero-order valence-corrected chi connectivity index (χ0v) is 37.0. The fourth-order valence-electron chi connectivity index (χ4n) is 8.67. The number of carbonyl (C=O) groups is 2. The molecule has 0 radical (unpaired) electrons. The Hall–Kier alpha value is -6.68. The highest BCUT2D eigenvalue weighted by Gasteiger charge is 2.31. The Labute approximate surface area is 378 Å². The van der Waals surface area contributed by atoms with Gasteiger partial charge in [0.1, 0.15) is 0 Å². The largest absolute Gasteiger partial charge is 0.306 e. The van der Waals surface area contributed by atoms with Gasteiger partial charge in [-0.3, -0.25) is 29.5 Å². The number of rotatable bonds is 13. The van der Waals surface area contributed by atoms with Gasteiger partial charge in [-0.05, 0) is 104 Å². The lowest BCUT2D eigenvalue weighted by atomic mass is 10.00. The van der Waals surface area contributed by atoms with Crippen molar-refractivity contribution in [2.24, 2.45) is 0 Å². The molecule has 0 aromatic heterocycles. The summed E-state index contributed by atoms with van der Waals surface area (Å²) in [7, 11) is 0. The van der Waals surface area contributed by atoms with Gasteiger partial charge in [-0.1, -0.05) is 128 Å². The van der Waals surface area contributed by atoms with Crippen molar-refractivity contribution < 1.29 is 14.5 Å². The van der Waals surface area contributed by atoms with Gasteiger partial charge in [0.2, 0.25) is 0 Å². The minimum absolute atomic E-state index is 0.0115. The summed E-state index contributed by atoms with van der Waals surface area (Å²) < 4.78 is 0. The first kappa shape index (κ1) is 45.3. The summed E-state index contributed by atoms with van der Waals surface area (Å²) >= 11 is 0. The number of nitro benzene ring substituents is 1. The number of amides is 2. The standard InChI is InChI=1S/C29H31N3O3.C26H28N2O/c1-2-23-11-14-26(15-12-23)31(29(33)16-13-24-9-6-10-28(21-24)32(34)35)27-17-19-30(20-18-27)22-25-7-4-3-5-8-25;1-21-12-14-24(15-13-21)28(26(29)23-10-6-3-7-11-23)25-16-18-27(19-17-25)20-22-8-4-2-5-9-22/h3-16,21,27H,2,17-20,22H2,1H3;2-15,25H,16-20H2,1H3/b16-13+;.